The molecule has 2 atom stereocenters. The van der Waals surface area contributed by atoms with Crippen LogP contribution >= 0.6 is 0 Å². The summed E-state index contributed by atoms with van der Waals surface area (Å²) >= 11 is 0. The van der Waals surface area contributed by atoms with Crippen LogP contribution in [-0.4, -0.2) is 28.8 Å². The van der Waals surface area contributed by atoms with Gasteiger partial charge in [-0.3, -0.25) is 0 Å². The molecule has 0 radical (unpaired) electrons. The molecule has 4 heteroatoms. The first-order valence-corrected chi connectivity index (χ1v) is 7.05. The Morgan fingerprint density at radius 2 is 2.39 bits per heavy atom. The van der Waals surface area contributed by atoms with Gasteiger partial charge in [0.1, 0.15) is 0 Å². The third kappa shape index (κ3) is 3.12. The van der Waals surface area contributed by atoms with E-state index < -0.39 is 0 Å². The van der Waals surface area contributed by atoms with Crippen molar-refractivity contribution < 1.29 is 4.74 Å². The van der Waals surface area contributed by atoms with Crippen LogP contribution in [-0.2, 0) is 11.3 Å². The summed E-state index contributed by atoms with van der Waals surface area (Å²) < 4.78 is 7.92. The Bertz CT molecular complexity index is 362. The van der Waals surface area contributed by atoms with E-state index in [1.807, 2.05) is 12.5 Å². The molecule has 18 heavy (non-hydrogen) atoms. The lowest BCUT2D eigenvalue weighted by molar-refractivity contribution is 0.0872. The standard InChI is InChI=1S/C14H25N3O/c1-4-14-12(5-6-18-14)7-15-8-13-9-16-10-17(13)11(2)3/h9-12,14-15H,4-8H2,1-3H3. The molecule has 4 nitrogen and oxygen atoms in total. The molecule has 1 aromatic rings. The minimum atomic E-state index is 0.451. The maximum atomic E-state index is 5.71. The van der Waals surface area contributed by atoms with Crippen molar-refractivity contribution in [3.63, 3.8) is 0 Å². The monoisotopic (exact) mass is 251 g/mol. The molecule has 102 valence electrons. The van der Waals surface area contributed by atoms with E-state index in [4.69, 9.17) is 4.74 Å². The van der Waals surface area contributed by atoms with Crippen molar-refractivity contribution >= 4 is 0 Å². The molecule has 0 bridgehead atoms. The Morgan fingerprint density at radius 1 is 1.56 bits per heavy atom. The first kappa shape index (κ1) is 13.6. The quantitative estimate of drug-likeness (QED) is 0.843. The SMILES string of the molecule is CCC1OCCC1CNCc1cncn1C(C)C. The summed E-state index contributed by atoms with van der Waals surface area (Å²) in [7, 11) is 0. The predicted molar refractivity (Wildman–Crippen MR) is 72.5 cm³/mol. The Kier molecular flexibility index (Phi) is 4.78. The van der Waals surface area contributed by atoms with Crippen LogP contribution in [0, 0.1) is 5.92 Å². The Morgan fingerprint density at radius 3 is 3.11 bits per heavy atom. The van der Waals surface area contributed by atoms with Crippen LogP contribution in [0.5, 0.6) is 0 Å². The minimum absolute atomic E-state index is 0.451. The summed E-state index contributed by atoms with van der Waals surface area (Å²) in [6, 6.07) is 0.475. The van der Waals surface area contributed by atoms with Crippen LogP contribution in [0.1, 0.15) is 45.3 Å². The summed E-state index contributed by atoms with van der Waals surface area (Å²) in [4.78, 5) is 4.22. The number of aromatic nitrogens is 2. The Hall–Kier alpha value is -0.870. The molecule has 1 saturated heterocycles. The number of nitrogens with one attached hydrogen (secondary N) is 1. The molecule has 0 spiro atoms. The number of rotatable bonds is 6. The largest absolute Gasteiger partial charge is 0.378 e. The number of hydrogen-bond acceptors (Lipinski definition) is 3. The summed E-state index contributed by atoms with van der Waals surface area (Å²) in [5.74, 6) is 0.672. The van der Waals surface area contributed by atoms with Crippen LogP contribution in [0.4, 0.5) is 0 Å². The average molecular weight is 251 g/mol. The van der Waals surface area contributed by atoms with Gasteiger partial charge in [0.2, 0.25) is 0 Å². The van der Waals surface area contributed by atoms with Crippen molar-refractivity contribution in [3.8, 4) is 0 Å². The lowest BCUT2D eigenvalue weighted by atomic mass is 10.00. The zero-order valence-corrected chi connectivity index (χ0v) is 11.7. The van der Waals surface area contributed by atoms with Gasteiger partial charge in [0.25, 0.3) is 0 Å². The fourth-order valence-electron chi connectivity index (χ4n) is 2.70. The van der Waals surface area contributed by atoms with Gasteiger partial charge in [-0.15, -0.1) is 0 Å². The average Bonchev–Trinajstić information content (AvgIpc) is 2.97. The Balaban J connectivity index is 1.79. The molecule has 0 aromatic carbocycles. The maximum Gasteiger partial charge on any atom is 0.0951 e. The highest BCUT2D eigenvalue weighted by molar-refractivity contribution is 4.99. The summed E-state index contributed by atoms with van der Waals surface area (Å²) in [5, 5.41) is 3.55. The van der Waals surface area contributed by atoms with E-state index in [9.17, 15) is 0 Å². The van der Waals surface area contributed by atoms with Gasteiger partial charge < -0.3 is 14.6 Å². The van der Waals surface area contributed by atoms with Gasteiger partial charge >= 0.3 is 0 Å². The van der Waals surface area contributed by atoms with Gasteiger partial charge in [0.15, 0.2) is 0 Å². The van der Waals surface area contributed by atoms with Gasteiger partial charge in [-0.1, -0.05) is 6.92 Å². The molecular weight excluding hydrogens is 226 g/mol. The second-order valence-electron chi connectivity index (χ2n) is 5.38. The van der Waals surface area contributed by atoms with Gasteiger partial charge in [-0.25, -0.2) is 4.98 Å². The van der Waals surface area contributed by atoms with Crippen LogP contribution in [0.15, 0.2) is 12.5 Å². The summed E-state index contributed by atoms with van der Waals surface area (Å²) in [6.45, 7) is 9.44. The molecule has 1 aliphatic rings. The lowest BCUT2D eigenvalue weighted by Gasteiger charge is -2.18. The molecule has 1 N–H and O–H groups in total. The van der Waals surface area contributed by atoms with Gasteiger partial charge in [-0.2, -0.15) is 0 Å². The third-order valence-corrected chi connectivity index (χ3v) is 3.76. The van der Waals surface area contributed by atoms with Gasteiger partial charge in [-0.05, 0) is 32.6 Å². The zero-order valence-electron chi connectivity index (χ0n) is 11.7. The van der Waals surface area contributed by atoms with Crippen molar-refractivity contribution in [1.29, 1.82) is 0 Å². The summed E-state index contributed by atoms with van der Waals surface area (Å²) in [5.41, 5.74) is 1.26. The fraction of sp³-hybridized carbons (Fsp3) is 0.786. The molecule has 0 amide bonds. The van der Waals surface area contributed by atoms with Crippen LogP contribution in [0.2, 0.25) is 0 Å². The predicted octanol–water partition coefficient (Wildman–Crippen LogP) is 2.37. The smallest absolute Gasteiger partial charge is 0.0951 e. The van der Waals surface area contributed by atoms with Crippen molar-refractivity contribution in [2.24, 2.45) is 5.92 Å². The van der Waals surface area contributed by atoms with Crippen molar-refractivity contribution in [1.82, 2.24) is 14.9 Å². The van der Waals surface area contributed by atoms with E-state index in [0.717, 1.165) is 26.1 Å². The number of ether oxygens (including phenoxy) is 1. The van der Waals surface area contributed by atoms with E-state index in [1.54, 1.807) is 0 Å². The number of hydrogen-bond donors (Lipinski definition) is 1. The van der Waals surface area contributed by atoms with E-state index in [1.165, 1.54) is 12.1 Å². The van der Waals surface area contributed by atoms with Gasteiger partial charge in [0.05, 0.1) is 18.1 Å². The number of imidazole rings is 1. The van der Waals surface area contributed by atoms with Crippen LogP contribution in [0.25, 0.3) is 0 Å². The van der Waals surface area contributed by atoms with E-state index in [-0.39, 0.29) is 0 Å². The first-order valence-electron chi connectivity index (χ1n) is 7.05. The molecule has 1 aliphatic heterocycles. The van der Waals surface area contributed by atoms with Crippen LogP contribution in [0.3, 0.4) is 0 Å². The molecule has 2 rings (SSSR count). The topological polar surface area (TPSA) is 39.1 Å². The first-order chi connectivity index (χ1) is 8.72. The second kappa shape index (κ2) is 6.34. The zero-order chi connectivity index (χ0) is 13.0. The maximum absolute atomic E-state index is 5.71. The third-order valence-electron chi connectivity index (χ3n) is 3.76. The highest BCUT2D eigenvalue weighted by atomic mass is 16.5. The molecule has 2 unspecified atom stereocenters. The highest BCUT2D eigenvalue weighted by Crippen LogP contribution is 2.22. The van der Waals surface area contributed by atoms with E-state index >= 15 is 0 Å². The lowest BCUT2D eigenvalue weighted by Crippen LogP contribution is -2.28. The van der Waals surface area contributed by atoms with Crippen molar-refractivity contribution in [2.75, 3.05) is 13.2 Å². The fourth-order valence-corrected chi connectivity index (χ4v) is 2.70. The second-order valence-corrected chi connectivity index (χ2v) is 5.38. The van der Waals surface area contributed by atoms with Crippen LogP contribution < -0.4 is 5.32 Å². The summed E-state index contributed by atoms with van der Waals surface area (Å²) in [6.07, 6.45) is 6.63. The highest BCUT2D eigenvalue weighted by Gasteiger charge is 2.26. The number of nitrogens with zero attached hydrogens (tertiary/aromatic N) is 2. The van der Waals surface area contributed by atoms with Gasteiger partial charge in [0, 0.05) is 31.9 Å². The molecule has 1 fully saturated rings. The normalized spacial score (nSPS) is 24.0. The molecule has 0 saturated carbocycles. The van der Waals surface area contributed by atoms with E-state index in [0.29, 0.717) is 18.1 Å². The minimum Gasteiger partial charge on any atom is -0.378 e. The molecule has 1 aromatic heterocycles. The van der Waals surface area contributed by atoms with Crippen molar-refractivity contribution in [2.45, 2.75) is 52.3 Å². The van der Waals surface area contributed by atoms with E-state index in [2.05, 4.69) is 35.6 Å². The molecule has 0 aliphatic carbocycles. The Labute approximate surface area is 110 Å². The molecule has 2 heterocycles. The molecular formula is C14H25N3O. The van der Waals surface area contributed by atoms with Crippen molar-refractivity contribution in [3.05, 3.63) is 18.2 Å².